The second-order valence-electron chi connectivity index (χ2n) is 6.90. The average Bonchev–Trinajstić information content (AvgIpc) is 3.02. The molecule has 0 bridgehead atoms. The third-order valence-electron chi connectivity index (χ3n) is 4.46. The van der Waals surface area contributed by atoms with Crippen molar-refractivity contribution >= 4 is 39.3 Å². The molecule has 0 atom stereocenters. The molecule has 5 nitrogen and oxygen atoms in total. The molecule has 3 rings (SSSR count). The number of thioether (sulfide) groups is 1. The van der Waals surface area contributed by atoms with Crippen LogP contribution in [0.5, 0.6) is 0 Å². The van der Waals surface area contributed by atoms with Gasteiger partial charge in [-0.15, -0.1) is 10.2 Å². The molecule has 0 aliphatic heterocycles. The third-order valence-corrected chi connectivity index (χ3v) is 5.98. The summed E-state index contributed by atoms with van der Waals surface area (Å²) in [5.74, 6) is 1.33. The van der Waals surface area contributed by atoms with E-state index < -0.39 is 0 Å². The predicted molar refractivity (Wildman–Crippen MR) is 119 cm³/mol. The quantitative estimate of drug-likeness (QED) is 0.501. The van der Waals surface area contributed by atoms with Gasteiger partial charge in [-0.1, -0.05) is 65.8 Å². The maximum Gasteiger partial charge on any atom is 0.234 e. The third kappa shape index (κ3) is 4.64. The van der Waals surface area contributed by atoms with Crippen molar-refractivity contribution in [2.24, 2.45) is 7.05 Å². The summed E-state index contributed by atoms with van der Waals surface area (Å²) >= 11 is 4.87. The summed E-state index contributed by atoms with van der Waals surface area (Å²) in [6, 6.07) is 14.0. The zero-order valence-electron chi connectivity index (χ0n) is 16.4. The summed E-state index contributed by atoms with van der Waals surface area (Å²) in [7, 11) is 1.92. The van der Waals surface area contributed by atoms with Crippen molar-refractivity contribution in [2.45, 2.75) is 31.8 Å². The van der Waals surface area contributed by atoms with Gasteiger partial charge in [-0.25, -0.2) is 0 Å². The van der Waals surface area contributed by atoms with E-state index >= 15 is 0 Å². The molecule has 0 saturated carbocycles. The Morgan fingerprint density at radius 3 is 2.68 bits per heavy atom. The Morgan fingerprint density at radius 1 is 1.21 bits per heavy atom. The molecule has 0 radical (unpaired) electrons. The van der Waals surface area contributed by atoms with Crippen LogP contribution in [-0.4, -0.2) is 26.4 Å². The van der Waals surface area contributed by atoms with E-state index in [-0.39, 0.29) is 11.7 Å². The Kier molecular flexibility index (Phi) is 6.57. The van der Waals surface area contributed by atoms with Crippen molar-refractivity contribution in [3.05, 3.63) is 58.1 Å². The first-order valence-corrected chi connectivity index (χ1v) is 10.8. The molecule has 2 aromatic carbocycles. The molecule has 28 heavy (non-hydrogen) atoms. The molecule has 0 saturated heterocycles. The second-order valence-corrected chi connectivity index (χ2v) is 8.76. The molecule has 1 aromatic heterocycles. The molecule has 0 fully saturated rings. The Labute approximate surface area is 178 Å². The van der Waals surface area contributed by atoms with Gasteiger partial charge >= 0.3 is 0 Å². The fourth-order valence-electron chi connectivity index (χ4n) is 2.94. The first kappa shape index (κ1) is 20.6. The lowest BCUT2D eigenvalue weighted by Crippen LogP contribution is -2.16. The summed E-state index contributed by atoms with van der Waals surface area (Å²) in [6.07, 6.45) is 0. The van der Waals surface area contributed by atoms with Crippen LogP contribution in [0.4, 0.5) is 5.69 Å². The topological polar surface area (TPSA) is 59.8 Å². The number of halogens is 1. The van der Waals surface area contributed by atoms with Crippen LogP contribution in [0.15, 0.2) is 52.1 Å². The van der Waals surface area contributed by atoms with Gasteiger partial charge in [0.15, 0.2) is 11.0 Å². The van der Waals surface area contributed by atoms with Crippen LogP contribution >= 0.6 is 27.7 Å². The Morgan fingerprint density at radius 2 is 1.96 bits per heavy atom. The molecule has 1 amide bonds. The number of anilines is 1. The summed E-state index contributed by atoms with van der Waals surface area (Å²) in [4.78, 5) is 12.5. The number of aromatic nitrogens is 3. The minimum absolute atomic E-state index is 0.0605. The van der Waals surface area contributed by atoms with Crippen LogP contribution in [0, 0.1) is 6.92 Å². The molecule has 1 heterocycles. The first-order chi connectivity index (χ1) is 13.4. The highest BCUT2D eigenvalue weighted by molar-refractivity contribution is 9.10. The minimum Gasteiger partial charge on any atom is -0.325 e. The lowest BCUT2D eigenvalue weighted by molar-refractivity contribution is -0.113. The summed E-state index contributed by atoms with van der Waals surface area (Å²) in [6.45, 7) is 6.27. The van der Waals surface area contributed by atoms with E-state index in [1.54, 1.807) is 0 Å². The Bertz CT molecular complexity index is 1000. The van der Waals surface area contributed by atoms with Gasteiger partial charge in [-0.3, -0.25) is 4.79 Å². The zero-order chi connectivity index (χ0) is 20.3. The fourth-order valence-corrected chi connectivity index (χ4v) is 4.03. The summed E-state index contributed by atoms with van der Waals surface area (Å²) in [5, 5.41) is 12.3. The highest BCUT2D eigenvalue weighted by atomic mass is 79.9. The van der Waals surface area contributed by atoms with Crippen LogP contribution in [0.3, 0.4) is 0 Å². The maximum atomic E-state index is 12.5. The Hall–Kier alpha value is -2.12. The molecule has 0 aliphatic carbocycles. The molecule has 0 aliphatic rings. The number of rotatable bonds is 6. The van der Waals surface area contributed by atoms with Gasteiger partial charge < -0.3 is 9.88 Å². The molecule has 1 N–H and O–H groups in total. The van der Waals surface area contributed by atoms with Gasteiger partial charge in [-0.05, 0) is 42.2 Å². The summed E-state index contributed by atoms with van der Waals surface area (Å²) < 4.78 is 2.94. The molecule has 0 spiro atoms. The predicted octanol–water partition coefficient (Wildman–Crippen LogP) is 5.41. The van der Waals surface area contributed by atoms with Crippen LogP contribution in [-0.2, 0) is 11.8 Å². The number of nitrogens with one attached hydrogen (secondary N) is 1. The molecular formula is C21H23BrN4OS. The first-order valence-electron chi connectivity index (χ1n) is 9.04. The number of carbonyl (C=O) groups is 1. The molecular weight excluding hydrogens is 436 g/mol. The zero-order valence-corrected chi connectivity index (χ0v) is 18.8. The molecule has 3 aromatic rings. The standard InChI is InChI=1S/C21H23BrN4OS/c1-13(2)17-11-15(22)9-10-18(17)23-19(27)12-28-21-25-24-20(26(21)4)16-8-6-5-7-14(16)3/h5-11,13H,12H2,1-4H3,(H,23,27). The van der Waals surface area contributed by atoms with Gasteiger partial charge in [0, 0.05) is 22.8 Å². The fraction of sp³-hybridized carbons (Fsp3) is 0.286. The van der Waals surface area contributed by atoms with Crippen molar-refractivity contribution in [3.63, 3.8) is 0 Å². The number of hydrogen-bond acceptors (Lipinski definition) is 4. The van der Waals surface area contributed by atoms with Crippen LogP contribution in [0.2, 0.25) is 0 Å². The largest absolute Gasteiger partial charge is 0.325 e. The summed E-state index contributed by atoms with van der Waals surface area (Å²) in [5.41, 5.74) is 4.14. The number of hydrogen-bond donors (Lipinski definition) is 1. The van der Waals surface area contributed by atoms with E-state index in [0.717, 1.165) is 32.7 Å². The van der Waals surface area contributed by atoms with Gasteiger partial charge in [-0.2, -0.15) is 0 Å². The Balaban J connectivity index is 1.69. The normalized spacial score (nSPS) is 11.1. The van der Waals surface area contributed by atoms with Crippen molar-refractivity contribution in [2.75, 3.05) is 11.1 Å². The van der Waals surface area contributed by atoms with Crippen molar-refractivity contribution in [1.29, 1.82) is 0 Å². The monoisotopic (exact) mass is 458 g/mol. The van der Waals surface area contributed by atoms with Gasteiger partial charge in [0.2, 0.25) is 5.91 Å². The lowest BCUT2D eigenvalue weighted by Gasteiger charge is -2.14. The van der Waals surface area contributed by atoms with E-state index in [1.807, 2.05) is 48.0 Å². The minimum atomic E-state index is -0.0605. The van der Waals surface area contributed by atoms with Crippen LogP contribution < -0.4 is 5.32 Å². The van der Waals surface area contributed by atoms with E-state index in [0.29, 0.717) is 11.1 Å². The van der Waals surface area contributed by atoms with E-state index in [4.69, 9.17) is 0 Å². The van der Waals surface area contributed by atoms with Crippen molar-refractivity contribution in [3.8, 4) is 11.4 Å². The number of aryl methyl sites for hydroxylation is 1. The maximum absolute atomic E-state index is 12.5. The lowest BCUT2D eigenvalue weighted by atomic mass is 10.0. The highest BCUT2D eigenvalue weighted by Crippen LogP contribution is 2.28. The van der Waals surface area contributed by atoms with Crippen LogP contribution in [0.25, 0.3) is 11.4 Å². The van der Waals surface area contributed by atoms with E-state index in [9.17, 15) is 4.79 Å². The molecule has 146 valence electrons. The van der Waals surface area contributed by atoms with Gasteiger partial charge in [0.1, 0.15) is 0 Å². The number of amides is 1. The molecule has 0 unspecified atom stereocenters. The van der Waals surface area contributed by atoms with Crippen LogP contribution in [0.1, 0.15) is 30.9 Å². The highest BCUT2D eigenvalue weighted by Gasteiger charge is 2.15. The van der Waals surface area contributed by atoms with E-state index in [2.05, 4.69) is 58.3 Å². The van der Waals surface area contributed by atoms with Crippen molar-refractivity contribution in [1.82, 2.24) is 14.8 Å². The van der Waals surface area contributed by atoms with E-state index in [1.165, 1.54) is 11.8 Å². The molecule has 7 heteroatoms. The van der Waals surface area contributed by atoms with Gasteiger partial charge in [0.05, 0.1) is 5.75 Å². The second kappa shape index (κ2) is 8.92. The smallest absolute Gasteiger partial charge is 0.234 e. The number of benzene rings is 2. The SMILES string of the molecule is Cc1ccccc1-c1nnc(SCC(=O)Nc2ccc(Br)cc2C(C)C)n1C. The average molecular weight is 459 g/mol. The van der Waals surface area contributed by atoms with Gasteiger partial charge in [0.25, 0.3) is 0 Å². The number of carbonyl (C=O) groups excluding carboxylic acids is 1. The van der Waals surface area contributed by atoms with Crippen molar-refractivity contribution < 1.29 is 4.79 Å². The number of nitrogens with zero attached hydrogens (tertiary/aromatic N) is 3.